The van der Waals surface area contributed by atoms with Crippen LogP contribution in [0.15, 0.2) is 61.4 Å². The number of alkyl halides is 1. The number of aromatic nitrogens is 6. The van der Waals surface area contributed by atoms with E-state index >= 15 is 0 Å². The normalized spacial score (nSPS) is 22.8. The zero-order valence-corrected chi connectivity index (χ0v) is 22.8. The summed E-state index contributed by atoms with van der Waals surface area (Å²) in [6.45, 7) is 1.27. The number of halogens is 1. The van der Waals surface area contributed by atoms with Crippen molar-refractivity contribution < 1.29 is 0 Å². The highest BCUT2D eigenvalue weighted by molar-refractivity contribution is 14.1. The molecule has 0 amide bonds. The van der Waals surface area contributed by atoms with E-state index in [2.05, 4.69) is 61.7 Å². The number of hydrogen-bond acceptors (Lipinski definition) is 5. The van der Waals surface area contributed by atoms with Gasteiger partial charge in [0.05, 0.1) is 18.4 Å². The minimum absolute atomic E-state index is 0.475. The Hall–Kier alpha value is -2.59. The van der Waals surface area contributed by atoms with Crippen molar-refractivity contribution in [2.75, 3.05) is 11.0 Å². The Morgan fingerprint density at radius 2 is 1.61 bits per heavy atom. The lowest BCUT2D eigenvalue weighted by atomic mass is 9.89. The van der Waals surface area contributed by atoms with E-state index in [9.17, 15) is 0 Å². The molecule has 1 aromatic carbocycles. The van der Waals surface area contributed by atoms with Crippen molar-refractivity contribution in [2.45, 2.75) is 56.7 Å². The molecule has 3 aromatic heterocycles. The first-order valence-corrected chi connectivity index (χ1v) is 14.5. The Bertz CT molecular complexity index is 1310. The lowest BCUT2D eigenvalue weighted by Crippen LogP contribution is -2.43. The van der Waals surface area contributed by atoms with Crippen molar-refractivity contribution in [1.82, 2.24) is 34.4 Å². The Morgan fingerprint density at radius 3 is 2.42 bits per heavy atom. The van der Waals surface area contributed by atoms with E-state index < -0.39 is 0 Å². The molecule has 0 radical (unpaired) electrons. The molecule has 4 aromatic rings. The van der Waals surface area contributed by atoms with Crippen LogP contribution in [0, 0.1) is 0 Å². The molecule has 2 aliphatic rings. The number of aryl methyl sites for hydroxylation is 1. The van der Waals surface area contributed by atoms with Crippen LogP contribution >= 0.6 is 22.6 Å². The first-order valence-electron chi connectivity index (χ1n) is 13.0. The van der Waals surface area contributed by atoms with Crippen LogP contribution in [0.1, 0.15) is 44.6 Å². The molecular weight excluding hydrogens is 561 g/mol. The molecule has 1 saturated heterocycles. The van der Waals surface area contributed by atoms with Gasteiger partial charge in [-0.15, -0.1) is 0 Å². The fourth-order valence-corrected chi connectivity index (χ4v) is 6.85. The molecule has 8 heteroatoms. The van der Waals surface area contributed by atoms with Crippen molar-refractivity contribution in [3.8, 4) is 33.6 Å². The Kier molecular flexibility index (Phi) is 6.88. The van der Waals surface area contributed by atoms with E-state index in [4.69, 9.17) is 15.1 Å². The van der Waals surface area contributed by atoms with E-state index in [1.807, 2.05) is 48.8 Å². The van der Waals surface area contributed by atoms with Gasteiger partial charge in [-0.2, -0.15) is 10.2 Å². The number of nitrogens with zero attached hydrogens (tertiary/aromatic N) is 7. The standard InChI is InChI=1S/C28H32IN7/c1-34-18-23(16-32-34)20-5-2-6-21(11-20)28-30-14-22(15-31-28)24-17-33-36(19-24)26-8-3-7-25(12-26)35-10-4-9-27(35)13-29/h2,5-6,11,14-19,25-27H,3-4,7-10,12-13H2,1H3/t25-,26?,27-/m1/s1. The smallest absolute Gasteiger partial charge is 0.159 e. The lowest BCUT2D eigenvalue weighted by Gasteiger charge is -2.38. The Labute approximate surface area is 226 Å². The molecule has 0 N–H and O–H groups in total. The zero-order valence-electron chi connectivity index (χ0n) is 20.7. The molecule has 1 saturated carbocycles. The summed E-state index contributed by atoms with van der Waals surface area (Å²) in [7, 11) is 1.93. The number of hydrogen-bond donors (Lipinski definition) is 0. The molecule has 1 aliphatic heterocycles. The predicted octanol–water partition coefficient (Wildman–Crippen LogP) is 5.79. The van der Waals surface area contributed by atoms with Crippen molar-refractivity contribution in [1.29, 1.82) is 0 Å². The maximum atomic E-state index is 4.78. The summed E-state index contributed by atoms with van der Waals surface area (Å²) in [6.07, 6.45) is 19.6. The van der Waals surface area contributed by atoms with E-state index in [0.29, 0.717) is 12.1 Å². The van der Waals surface area contributed by atoms with Crippen LogP contribution in [0.4, 0.5) is 0 Å². The van der Waals surface area contributed by atoms with Crippen molar-refractivity contribution in [2.24, 2.45) is 7.05 Å². The number of rotatable bonds is 6. The summed E-state index contributed by atoms with van der Waals surface area (Å²) in [4.78, 5) is 12.2. The third kappa shape index (κ3) is 4.85. The summed E-state index contributed by atoms with van der Waals surface area (Å²) in [6, 6.07) is 10.2. The maximum Gasteiger partial charge on any atom is 0.159 e. The summed E-state index contributed by atoms with van der Waals surface area (Å²) >= 11 is 2.56. The molecule has 1 unspecified atom stereocenters. The van der Waals surface area contributed by atoms with Gasteiger partial charge >= 0.3 is 0 Å². The monoisotopic (exact) mass is 593 g/mol. The highest BCUT2D eigenvalue weighted by atomic mass is 127. The summed E-state index contributed by atoms with van der Waals surface area (Å²) in [5.74, 6) is 0.724. The highest BCUT2D eigenvalue weighted by Gasteiger charge is 2.34. The molecule has 7 nitrogen and oxygen atoms in total. The first kappa shape index (κ1) is 23.8. The molecule has 6 rings (SSSR count). The molecule has 4 heterocycles. The SMILES string of the molecule is Cn1cc(-c2cccc(-c3ncc(-c4cnn(C5CCC[C@@H](N6CCC[C@@H]6CI)C5)c4)cn3)c2)cn1. The van der Waals surface area contributed by atoms with E-state index in [1.54, 1.807) is 0 Å². The van der Waals surface area contributed by atoms with Crippen LogP contribution < -0.4 is 0 Å². The third-order valence-electron chi connectivity index (χ3n) is 7.81. The van der Waals surface area contributed by atoms with Crippen LogP contribution in [0.25, 0.3) is 33.6 Å². The zero-order chi connectivity index (χ0) is 24.5. The second-order valence-electron chi connectivity index (χ2n) is 10.2. The molecule has 186 valence electrons. The van der Waals surface area contributed by atoms with Gasteiger partial charge < -0.3 is 0 Å². The van der Waals surface area contributed by atoms with Crippen molar-refractivity contribution in [3.05, 3.63) is 61.4 Å². The number of likely N-dealkylation sites (tertiary alicyclic amines) is 1. The third-order valence-corrected chi connectivity index (χ3v) is 8.83. The Morgan fingerprint density at radius 1 is 0.833 bits per heavy atom. The van der Waals surface area contributed by atoms with Crippen LogP contribution in [-0.4, -0.2) is 57.5 Å². The minimum atomic E-state index is 0.475. The average Bonchev–Trinajstić information content (AvgIpc) is 3.70. The predicted molar refractivity (Wildman–Crippen MR) is 151 cm³/mol. The van der Waals surface area contributed by atoms with Gasteiger partial charge in [-0.1, -0.05) is 40.8 Å². The van der Waals surface area contributed by atoms with Crippen LogP contribution in [0.2, 0.25) is 0 Å². The van der Waals surface area contributed by atoms with E-state index in [0.717, 1.165) is 39.7 Å². The van der Waals surface area contributed by atoms with Crippen molar-refractivity contribution >= 4 is 22.6 Å². The van der Waals surface area contributed by atoms with Gasteiger partial charge in [0.25, 0.3) is 0 Å². The van der Waals surface area contributed by atoms with Gasteiger partial charge in [0.2, 0.25) is 0 Å². The van der Waals surface area contributed by atoms with E-state index in [1.165, 1.54) is 49.5 Å². The maximum absolute atomic E-state index is 4.78. The molecular formula is C28H32IN7. The van der Waals surface area contributed by atoms with Gasteiger partial charge in [-0.25, -0.2) is 9.97 Å². The Balaban J connectivity index is 1.16. The van der Waals surface area contributed by atoms with Gasteiger partial charge in [0.1, 0.15) is 0 Å². The summed E-state index contributed by atoms with van der Waals surface area (Å²) in [5, 5.41) is 9.06. The fourth-order valence-electron chi connectivity index (χ4n) is 5.91. The van der Waals surface area contributed by atoms with Gasteiger partial charge in [0.15, 0.2) is 5.82 Å². The van der Waals surface area contributed by atoms with Crippen molar-refractivity contribution in [3.63, 3.8) is 0 Å². The second-order valence-corrected chi connectivity index (χ2v) is 11.0. The molecule has 0 spiro atoms. The lowest BCUT2D eigenvalue weighted by molar-refractivity contribution is 0.125. The quantitative estimate of drug-likeness (QED) is 0.209. The van der Waals surface area contributed by atoms with Gasteiger partial charge in [0, 0.05) is 70.6 Å². The second kappa shape index (κ2) is 10.4. The van der Waals surface area contributed by atoms with Crippen LogP contribution in [-0.2, 0) is 7.05 Å². The molecule has 3 atom stereocenters. The molecule has 0 bridgehead atoms. The highest BCUT2D eigenvalue weighted by Crippen LogP contribution is 2.35. The number of benzene rings is 1. The summed E-state index contributed by atoms with van der Waals surface area (Å²) in [5.41, 5.74) is 5.28. The van der Waals surface area contributed by atoms with Gasteiger partial charge in [-0.3, -0.25) is 14.3 Å². The fraction of sp³-hybridized carbons (Fsp3) is 0.429. The van der Waals surface area contributed by atoms with Gasteiger partial charge in [-0.05, 0) is 56.7 Å². The first-order chi connectivity index (χ1) is 17.7. The molecule has 2 fully saturated rings. The summed E-state index contributed by atoms with van der Waals surface area (Å²) < 4.78 is 5.26. The largest absolute Gasteiger partial charge is 0.297 e. The topological polar surface area (TPSA) is 64.7 Å². The average molecular weight is 594 g/mol. The van der Waals surface area contributed by atoms with Crippen LogP contribution in [0.5, 0.6) is 0 Å². The minimum Gasteiger partial charge on any atom is -0.297 e. The molecule has 36 heavy (non-hydrogen) atoms. The molecule has 1 aliphatic carbocycles. The van der Waals surface area contributed by atoms with Crippen LogP contribution in [0.3, 0.4) is 0 Å². The van der Waals surface area contributed by atoms with E-state index in [-0.39, 0.29) is 0 Å².